The van der Waals surface area contributed by atoms with E-state index in [1.165, 1.54) is 19.6 Å². The van der Waals surface area contributed by atoms with Gasteiger partial charge in [0, 0.05) is 31.1 Å². The fourth-order valence-electron chi connectivity index (χ4n) is 2.82. The van der Waals surface area contributed by atoms with E-state index in [0.29, 0.717) is 5.75 Å². The number of esters is 1. The van der Waals surface area contributed by atoms with Gasteiger partial charge in [0.05, 0.1) is 12.6 Å². The van der Waals surface area contributed by atoms with Gasteiger partial charge in [-0.25, -0.2) is 0 Å². The van der Waals surface area contributed by atoms with Crippen LogP contribution in [0.5, 0.6) is 5.75 Å². The number of carbonyl (C=O) groups is 2. The molecule has 0 saturated carbocycles. The molecule has 1 aromatic heterocycles. The van der Waals surface area contributed by atoms with Gasteiger partial charge in [-0.1, -0.05) is 52.3 Å². The third kappa shape index (κ3) is 6.35. The van der Waals surface area contributed by atoms with E-state index in [2.05, 4.69) is 49.6 Å². The van der Waals surface area contributed by atoms with Crippen LogP contribution in [0.3, 0.4) is 0 Å². The van der Waals surface area contributed by atoms with Gasteiger partial charge in [0.15, 0.2) is 0 Å². The molecule has 154 valence electrons. The minimum Gasteiger partial charge on any atom is -0.507 e. The van der Waals surface area contributed by atoms with Gasteiger partial charge in [-0.3, -0.25) is 9.59 Å². The lowest BCUT2D eigenvalue weighted by molar-refractivity contribution is -0.139. The number of rotatable bonds is 5. The van der Waals surface area contributed by atoms with Crippen LogP contribution in [-0.4, -0.2) is 40.0 Å². The highest BCUT2D eigenvalue weighted by molar-refractivity contribution is 9.10. The molecule has 1 unspecified atom stereocenters. The van der Waals surface area contributed by atoms with Crippen LogP contribution < -0.4 is 5.32 Å². The minimum atomic E-state index is -0.462. The number of phenolic OH excluding ortho intramolecular Hbond substituents is 1. The predicted molar refractivity (Wildman–Crippen MR) is 117 cm³/mol. The van der Waals surface area contributed by atoms with Crippen LogP contribution in [0, 0.1) is 6.92 Å². The van der Waals surface area contributed by atoms with E-state index < -0.39 is 10.8 Å². The van der Waals surface area contributed by atoms with Crippen LogP contribution in [0.2, 0.25) is 0 Å². The Kier molecular flexibility index (Phi) is 8.27. The van der Waals surface area contributed by atoms with E-state index in [1.54, 1.807) is 6.07 Å². The molecule has 0 aliphatic rings. The maximum Gasteiger partial charge on any atom is 0.321 e. The number of alkyl halides is 1. The van der Waals surface area contributed by atoms with Crippen LogP contribution >= 0.6 is 15.9 Å². The summed E-state index contributed by atoms with van der Waals surface area (Å²) in [5.41, 5.74) is 3.51. The molecular weight excluding hydrogens is 436 g/mol. The average Bonchev–Trinajstić information content (AvgIpc) is 3.03. The van der Waals surface area contributed by atoms with E-state index in [1.807, 2.05) is 36.4 Å². The number of benzene rings is 2. The average molecular weight is 461 g/mol. The quantitative estimate of drug-likeness (QED) is 0.448. The summed E-state index contributed by atoms with van der Waals surface area (Å²) < 4.78 is 6.63. The fourth-order valence-corrected chi connectivity index (χ4v) is 3.17. The SMILES string of the molecule is COC(=O)C(Br)CNC(C)=O.Cc1cc2c(O)cccc2n1Cc1ccccc1. The normalized spacial score (nSPS) is 11.3. The van der Waals surface area contributed by atoms with Crippen molar-refractivity contribution in [3.05, 3.63) is 65.9 Å². The zero-order valence-corrected chi connectivity index (χ0v) is 18.3. The molecule has 3 aromatic rings. The van der Waals surface area contributed by atoms with Gasteiger partial charge < -0.3 is 19.7 Å². The number of halogens is 1. The third-order valence-corrected chi connectivity index (χ3v) is 5.00. The second-order valence-corrected chi connectivity index (χ2v) is 7.60. The number of phenols is 1. The number of aromatic nitrogens is 1. The molecule has 7 heteroatoms. The monoisotopic (exact) mass is 460 g/mol. The van der Waals surface area contributed by atoms with Crippen LogP contribution in [0.25, 0.3) is 10.9 Å². The van der Waals surface area contributed by atoms with Crippen molar-refractivity contribution in [3.8, 4) is 5.75 Å². The molecule has 6 nitrogen and oxygen atoms in total. The number of aryl methyl sites for hydroxylation is 1. The Labute approximate surface area is 178 Å². The molecule has 0 bridgehead atoms. The van der Waals surface area contributed by atoms with E-state index in [-0.39, 0.29) is 12.5 Å². The smallest absolute Gasteiger partial charge is 0.321 e. The van der Waals surface area contributed by atoms with Gasteiger partial charge >= 0.3 is 5.97 Å². The van der Waals surface area contributed by atoms with Gasteiger partial charge in [-0.2, -0.15) is 0 Å². The summed E-state index contributed by atoms with van der Waals surface area (Å²) in [6.45, 7) is 4.54. The number of fused-ring (bicyclic) bond motifs is 1. The second-order valence-electron chi connectivity index (χ2n) is 6.50. The Morgan fingerprint density at radius 3 is 2.48 bits per heavy atom. The number of aromatic hydroxyl groups is 1. The summed E-state index contributed by atoms with van der Waals surface area (Å²) in [7, 11) is 1.30. The first-order valence-corrected chi connectivity index (χ1v) is 10.0. The Bertz CT molecular complexity index is 970. The lowest BCUT2D eigenvalue weighted by atomic mass is 10.2. The van der Waals surface area contributed by atoms with Crippen LogP contribution in [0.15, 0.2) is 54.6 Å². The highest BCUT2D eigenvalue weighted by atomic mass is 79.9. The van der Waals surface area contributed by atoms with Crippen LogP contribution in [0.4, 0.5) is 0 Å². The molecule has 0 aliphatic heterocycles. The second kappa shape index (κ2) is 10.7. The van der Waals surface area contributed by atoms with Crippen LogP contribution in [-0.2, 0) is 20.9 Å². The predicted octanol–water partition coefficient (Wildman–Crippen LogP) is 3.76. The highest BCUT2D eigenvalue weighted by Crippen LogP contribution is 2.28. The molecule has 0 fully saturated rings. The van der Waals surface area contributed by atoms with Crippen molar-refractivity contribution in [2.24, 2.45) is 0 Å². The van der Waals surface area contributed by atoms with Crippen molar-refractivity contribution < 1.29 is 19.4 Å². The molecule has 1 atom stereocenters. The molecule has 0 saturated heterocycles. The lowest BCUT2D eigenvalue weighted by Gasteiger charge is -2.08. The number of ether oxygens (including phenoxy) is 1. The molecule has 0 aliphatic carbocycles. The zero-order valence-electron chi connectivity index (χ0n) is 16.7. The first kappa shape index (κ1) is 22.5. The van der Waals surface area contributed by atoms with Crippen molar-refractivity contribution in [2.45, 2.75) is 25.2 Å². The van der Waals surface area contributed by atoms with Gasteiger partial charge in [0.1, 0.15) is 10.6 Å². The van der Waals surface area contributed by atoms with Crippen molar-refractivity contribution in [3.63, 3.8) is 0 Å². The molecule has 0 spiro atoms. The van der Waals surface area contributed by atoms with Gasteiger partial charge in [0.25, 0.3) is 0 Å². The van der Waals surface area contributed by atoms with E-state index >= 15 is 0 Å². The summed E-state index contributed by atoms with van der Waals surface area (Å²) in [6.07, 6.45) is 0. The van der Waals surface area contributed by atoms with Gasteiger partial charge in [-0.15, -0.1) is 0 Å². The number of methoxy groups -OCH3 is 1. The molecular formula is C22H25BrN2O4. The van der Waals surface area contributed by atoms with Gasteiger partial charge in [-0.05, 0) is 30.7 Å². The van der Waals surface area contributed by atoms with E-state index in [9.17, 15) is 14.7 Å². The van der Waals surface area contributed by atoms with E-state index in [0.717, 1.165) is 23.1 Å². The maximum atomic E-state index is 10.7. The largest absolute Gasteiger partial charge is 0.507 e. The number of hydrogen-bond acceptors (Lipinski definition) is 4. The van der Waals surface area contributed by atoms with Crippen molar-refractivity contribution in [2.75, 3.05) is 13.7 Å². The molecule has 3 rings (SSSR count). The standard InChI is InChI=1S/C16H15NO.C6H10BrNO3/c1-12-10-14-15(8-5-9-16(14)18)17(12)11-13-6-3-2-4-7-13;1-4(9)8-3-5(7)6(10)11-2/h2-10,18H,11H2,1H3;5H,3H2,1-2H3,(H,8,9). The molecule has 1 heterocycles. The van der Waals surface area contributed by atoms with Crippen molar-refractivity contribution in [1.82, 2.24) is 9.88 Å². The van der Waals surface area contributed by atoms with Crippen molar-refractivity contribution >= 4 is 38.7 Å². The number of nitrogens with one attached hydrogen (secondary N) is 1. The third-order valence-electron chi connectivity index (χ3n) is 4.30. The lowest BCUT2D eigenvalue weighted by Crippen LogP contribution is -2.32. The summed E-state index contributed by atoms with van der Waals surface area (Å²) in [4.78, 5) is 20.6. The molecule has 1 amide bonds. The Morgan fingerprint density at radius 1 is 1.17 bits per heavy atom. The summed E-state index contributed by atoms with van der Waals surface area (Å²) in [6, 6.07) is 18.1. The molecule has 2 aromatic carbocycles. The first-order chi connectivity index (χ1) is 13.8. The van der Waals surface area contributed by atoms with Crippen LogP contribution in [0.1, 0.15) is 18.2 Å². The Balaban J connectivity index is 0.000000237. The first-order valence-electron chi connectivity index (χ1n) is 9.11. The number of amides is 1. The summed E-state index contributed by atoms with van der Waals surface area (Å²) in [5, 5.41) is 13.3. The van der Waals surface area contributed by atoms with Gasteiger partial charge in [0.2, 0.25) is 5.91 Å². The number of nitrogens with zero attached hydrogens (tertiary/aromatic N) is 1. The Morgan fingerprint density at radius 2 is 1.86 bits per heavy atom. The topological polar surface area (TPSA) is 80.6 Å². The maximum absolute atomic E-state index is 10.7. The number of hydrogen-bond donors (Lipinski definition) is 2. The zero-order chi connectivity index (χ0) is 21.4. The Hall–Kier alpha value is -2.80. The summed E-state index contributed by atoms with van der Waals surface area (Å²) >= 11 is 3.04. The van der Waals surface area contributed by atoms with Crippen molar-refractivity contribution in [1.29, 1.82) is 0 Å². The minimum absolute atomic E-state index is 0.168. The molecule has 0 radical (unpaired) electrons. The number of carbonyl (C=O) groups excluding carboxylic acids is 2. The fraction of sp³-hybridized carbons (Fsp3) is 0.273. The highest BCUT2D eigenvalue weighted by Gasteiger charge is 2.14. The summed E-state index contributed by atoms with van der Waals surface area (Å²) in [5.74, 6) is -0.209. The molecule has 29 heavy (non-hydrogen) atoms. The molecule has 2 N–H and O–H groups in total. The van der Waals surface area contributed by atoms with E-state index in [4.69, 9.17) is 0 Å².